The molecule has 0 aliphatic rings. The van der Waals surface area contributed by atoms with E-state index in [0.717, 1.165) is 18.2 Å². The van der Waals surface area contributed by atoms with E-state index in [9.17, 15) is 22.4 Å². The van der Waals surface area contributed by atoms with E-state index in [0.29, 0.717) is 0 Å². The van der Waals surface area contributed by atoms with E-state index >= 15 is 0 Å². The average molecular weight is 298 g/mol. The summed E-state index contributed by atoms with van der Waals surface area (Å²) in [5, 5.41) is 8.72. The minimum atomic E-state index is -4.63. The van der Waals surface area contributed by atoms with E-state index < -0.39 is 29.9 Å². The zero-order valence-electron chi connectivity index (χ0n) is 10.6. The van der Waals surface area contributed by atoms with Crippen LogP contribution >= 0.6 is 0 Å². The third-order valence-corrected chi connectivity index (χ3v) is 2.86. The van der Waals surface area contributed by atoms with Gasteiger partial charge in [-0.1, -0.05) is 24.3 Å². The van der Waals surface area contributed by atoms with Crippen LogP contribution in [0.15, 0.2) is 42.5 Å². The lowest BCUT2D eigenvalue weighted by Crippen LogP contribution is -2.08. The third-order valence-electron chi connectivity index (χ3n) is 2.86. The molecule has 0 bridgehead atoms. The summed E-state index contributed by atoms with van der Waals surface area (Å²) in [7, 11) is 0. The first-order valence-electron chi connectivity index (χ1n) is 5.95. The highest BCUT2D eigenvalue weighted by atomic mass is 19.4. The summed E-state index contributed by atoms with van der Waals surface area (Å²) >= 11 is 0. The first-order valence-corrected chi connectivity index (χ1v) is 5.95. The van der Waals surface area contributed by atoms with Gasteiger partial charge in [0.1, 0.15) is 5.82 Å². The number of hydrogen-bond donors (Lipinski definition) is 1. The molecule has 2 nitrogen and oxygen atoms in total. The van der Waals surface area contributed by atoms with Crippen LogP contribution in [0.25, 0.3) is 11.1 Å². The summed E-state index contributed by atoms with van der Waals surface area (Å²) in [4.78, 5) is 10.7. The van der Waals surface area contributed by atoms with Crippen molar-refractivity contribution in [1.82, 2.24) is 0 Å². The largest absolute Gasteiger partial charge is 0.481 e. The quantitative estimate of drug-likeness (QED) is 0.865. The molecule has 0 fully saturated rings. The minimum Gasteiger partial charge on any atom is -0.481 e. The molecule has 0 aliphatic carbocycles. The molecule has 21 heavy (non-hydrogen) atoms. The Bertz CT molecular complexity index is 678. The van der Waals surface area contributed by atoms with Gasteiger partial charge < -0.3 is 5.11 Å². The molecule has 0 aliphatic heterocycles. The molecule has 2 aromatic carbocycles. The zero-order valence-corrected chi connectivity index (χ0v) is 10.6. The summed E-state index contributed by atoms with van der Waals surface area (Å²) in [6, 6.07) is 8.21. The molecule has 110 valence electrons. The van der Waals surface area contributed by atoms with Crippen LogP contribution in [-0.2, 0) is 17.4 Å². The first-order chi connectivity index (χ1) is 9.77. The molecule has 2 aromatic rings. The van der Waals surface area contributed by atoms with Crippen molar-refractivity contribution in [2.75, 3.05) is 0 Å². The molecule has 0 spiro atoms. The fourth-order valence-electron chi connectivity index (χ4n) is 1.98. The van der Waals surface area contributed by atoms with Crippen molar-refractivity contribution in [3.63, 3.8) is 0 Å². The Labute approximate surface area is 117 Å². The Morgan fingerprint density at radius 1 is 1.10 bits per heavy atom. The molecular formula is C15H10F4O2. The van der Waals surface area contributed by atoms with Gasteiger partial charge in [-0.2, -0.15) is 13.2 Å². The predicted molar refractivity (Wildman–Crippen MR) is 68.2 cm³/mol. The van der Waals surface area contributed by atoms with E-state index in [4.69, 9.17) is 5.11 Å². The number of carboxylic acids is 1. The number of rotatable bonds is 3. The smallest absolute Gasteiger partial charge is 0.416 e. The van der Waals surface area contributed by atoms with Crippen molar-refractivity contribution in [2.45, 2.75) is 12.6 Å². The number of aliphatic carboxylic acids is 1. The highest BCUT2D eigenvalue weighted by Crippen LogP contribution is 2.34. The minimum absolute atomic E-state index is 0.000764. The Kier molecular flexibility index (Phi) is 3.97. The van der Waals surface area contributed by atoms with Gasteiger partial charge in [-0.05, 0) is 29.3 Å². The van der Waals surface area contributed by atoms with Crippen LogP contribution < -0.4 is 0 Å². The number of benzene rings is 2. The first kappa shape index (κ1) is 15.0. The molecule has 2 rings (SSSR count). The van der Waals surface area contributed by atoms with Crippen molar-refractivity contribution in [1.29, 1.82) is 0 Å². The van der Waals surface area contributed by atoms with Gasteiger partial charge in [0.2, 0.25) is 0 Å². The van der Waals surface area contributed by atoms with E-state index in [-0.39, 0.29) is 16.7 Å². The molecule has 0 unspecified atom stereocenters. The van der Waals surface area contributed by atoms with E-state index in [1.807, 2.05) is 0 Å². The second-order valence-corrected chi connectivity index (χ2v) is 4.47. The monoisotopic (exact) mass is 298 g/mol. The lowest BCUT2D eigenvalue weighted by molar-refractivity contribution is -0.138. The summed E-state index contributed by atoms with van der Waals surface area (Å²) in [6.07, 6.45) is -5.19. The van der Waals surface area contributed by atoms with Crippen molar-refractivity contribution < 1.29 is 27.5 Å². The summed E-state index contributed by atoms with van der Waals surface area (Å²) in [6.45, 7) is 0. The Morgan fingerprint density at radius 2 is 1.76 bits per heavy atom. The molecule has 0 heterocycles. The fourth-order valence-corrected chi connectivity index (χ4v) is 1.98. The standard InChI is InChI=1S/C15H10F4O2/c16-13-4-2-1-3-12(13)10-5-9(7-14(20)21)6-11(8-10)15(17,18)19/h1-6,8H,7H2,(H,20,21). The highest BCUT2D eigenvalue weighted by molar-refractivity contribution is 5.73. The third kappa shape index (κ3) is 3.59. The van der Waals surface area contributed by atoms with Crippen LogP contribution in [0.4, 0.5) is 17.6 Å². The lowest BCUT2D eigenvalue weighted by atomic mass is 9.98. The number of halogens is 4. The molecule has 0 atom stereocenters. The van der Waals surface area contributed by atoms with Crippen LogP contribution in [-0.4, -0.2) is 11.1 Å². The molecule has 0 saturated carbocycles. The molecular weight excluding hydrogens is 288 g/mol. The van der Waals surface area contributed by atoms with Gasteiger partial charge in [-0.25, -0.2) is 4.39 Å². The molecule has 6 heteroatoms. The Balaban J connectivity index is 2.60. The van der Waals surface area contributed by atoms with Crippen LogP contribution in [0.3, 0.4) is 0 Å². The van der Waals surface area contributed by atoms with Crippen molar-refractivity contribution in [2.24, 2.45) is 0 Å². The Morgan fingerprint density at radius 3 is 2.33 bits per heavy atom. The fraction of sp³-hybridized carbons (Fsp3) is 0.133. The van der Waals surface area contributed by atoms with Crippen molar-refractivity contribution in [3.05, 3.63) is 59.4 Å². The van der Waals surface area contributed by atoms with Crippen LogP contribution in [0, 0.1) is 5.82 Å². The maximum Gasteiger partial charge on any atom is 0.416 e. The molecule has 0 aromatic heterocycles. The molecule has 0 radical (unpaired) electrons. The molecule has 0 saturated heterocycles. The maximum atomic E-state index is 13.7. The number of carbonyl (C=O) groups is 1. The summed E-state index contributed by atoms with van der Waals surface area (Å²) < 4.78 is 52.3. The highest BCUT2D eigenvalue weighted by Gasteiger charge is 2.31. The lowest BCUT2D eigenvalue weighted by Gasteiger charge is -2.12. The van der Waals surface area contributed by atoms with Gasteiger partial charge in [0.05, 0.1) is 12.0 Å². The van der Waals surface area contributed by atoms with Crippen molar-refractivity contribution >= 4 is 5.97 Å². The van der Waals surface area contributed by atoms with Crippen LogP contribution in [0.2, 0.25) is 0 Å². The van der Waals surface area contributed by atoms with Gasteiger partial charge in [-0.3, -0.25) is 4.79 Å². The predicted octanol–water partition coefficient (Wildman–Crippen LogP) is 4.14. The van der Waals surface area contributed by atoms with Gasteiger partial charge in [0.25, 0.3) is 0 Å². The van der Waals surface area contributed by atoms with Gasteiger partial charge >= 0.3 is 12.1 Å². The van der Waals surface area contributed by atoms with E-state index in [1.165, 1.54) is 24.3 Å². The SMILES string of the molecule is O=C(O)Cc1cc(-c2ccccc2F)cc(C(F)(F)F)c1. The van der Waals surface area contributed by atoms with Gasteiger partial charge in [-0.15, -0.1) is 0 Å². The summed E-state index contributed by atoms with van der Waals surface area (Å²) in [5.41, 5.74) is -1.04. The topological polar surface area (TPSA) is 37.3 Å². The van der Waals surface area contributed by atoms with Crippen LogP contribution in [0.1, 0.15) is 11.1 Å². The van der Waals surface area contributed by atoms with Gasteiger partial charge in [0, 0.05) is 5.56 Å². The summed E-state index contributed by atoms with van der Waals surface area (Å²) in [5.74, 6) is -1.92. The number of carboxylic acid groups (broad SMARTS) is 1. The van der Waals surface area contributed by atoms with E-state index in [1.54, 1.807) is 0 Å². The van der Waals surface area contributed by atoms with Crippen molar-refractivity contribution in [3.8, 4) is 11.1 Å². The van der Waals surface area contributed by atoms with Gasteiger partial charge in [0.15, 0.2) is 0 Å². The molecule has 1 N–H and O–H groups in total. The van der Waals surface area contributed by atoms with Crippen LogP contribution in [0.5, 0.6) is 0 Å². The Hall–Kier alpha value is -2.37. The van der Waals surface area contributed by atoms with E-state index in [2.05, 4.69) is 0 Å². The second-order valence-electron chi connectivity index (χ2n) is 4.47. The zero-order chi connectivity index (χ0) is 15.6. The normalized spacial score (nSPS) is 11.4. The molecule has 0 amide bonds. The second kappa shape index (κ2) is 5.55. The number of hydrogen-bond acceptors (Lipinski definition) is 1. The maximum absolute atomic E-state index is 13.7. The number of alkyl halides is 3. The average Bonchev–Trinajstić information content (AvgIpc) is 2.37.